The van der Waals surface area contributed by atoms with Crippen LogP contribution in [0.3, 0.4) is 0 Å². The van der Waals surface area contributed by atoms with Crippen molar-refractivity contribution in [3.05, 3.63) is 87.7 Å². The number of rotatable bonds is 6. The summed E-state index contributed by atoms with van der Waals surface area (Å²) in [6.07, 6.45) is 0.631. The van der Waals surface area contributed by atoms with Crippen LogP contribution in [-0.4, -0.2) is 45.3 Å². The van der Waals surface area contributed by atoms with E-state index in [1.807, 2.05) is 37.3 Å². The van der Waals surface area contributed by atoms with Crippen LogP contribution in [0.2, 0.25) is 0 Å². The molecule has 1 fully saturated rings. The topological polar surface area (TPSA) is 122 Å². The molecule has 174 valence electrons. The first kappa shape index (κ1) is 21.8. The Balaban J connectivity index is 1.24. The summed E-state index contributed by atoms with van der Waals surface area (Å²) in [5, 5.41) is 10.5. The Hall–Kier alpha value is -3.98. The minimum atomic E-state index is -0.379. The van der Waals surface area contributed by atoms with E-state index in [0.717, 1.165) is 22.2 Å². The van der Waals surface area contributed by atoms with Gasteiger partial charge in [-0.05, 0) is 49.7 Å². The molecule has 0 radical (unpaired) electrons. The number of aryl methyl sites for hydroxylation is 1. The number of pyridine rings is 1. The van der Waals surface area contributed by atoms with Crippen molar-refractivity contribution < 1.29 is 14.3 Å². The molecule has 1 aliphatic heterocycles. The maximum Gasteiger partial charge on any atom is 0.340 e. The van der Waals surface area contributed by atoms with Crippen molar-refractivity contribution in [1.29, 1.82) is 0 Å². The summed E-state index contributed by atoms with van der Waals surface area (Å²) in [5.41, 5.74) is 3.09. The largest absolute Gasteiger partial charge is 0.489 e. The van der Waals surface area contributed by atoms with Crippen LogP contribution < -0.4 is 15.7 Å². The lowest BCUT2D eigenvalue weighted by molar-refractivity contribution is 0.0536. The molecule has 2 unspecified atom stereocenters. The number of carbonyl (C=O) groups excluding carboxylic acids is 1. The zero-order valence-corrected chi connectivity index (χ0v) is 18.7. The maximum absolute atomic E-state index is 12.9. The first-order chi connectivity index (χ1) is 16.6. The van der Waals surface area contributed by atoms with E-state index < -0.39 is 0 Å². The fourth-order valence-electron chi connectivity index (χ4n) is 4.27. The number of nitrogens with one attached hydrogen (secondary N) is 3. The number of H-pyrrole nitrogens is 2. The van der Waals surface area contributed by atoms with Crippen LogP contribution in [0, 0.1) is 6.92 Å². The second-order valence-corrected chi connectivity index (χ2v) is 8.37. The number of hydrogen-bond acceptors (Lipinski definition) is 6. The van der Waals surface area contributed by atoms with Gasteiger partial charge in [-0.1, -0.05) is 18.2 Å². The lowest BCUT2D eigenvalue weighted by Crippen LogP contribution is -2.44. The molecular weight excluding hydrogens is 434 g/mol. The van der Waals surface area contributed by atoms with Crippen LogP contribution >= 0.6 is 0 Å². The minimum absolute atomic E-state index is 0.195. The Bertz CT molecular complexity index is 1360. The Morgan fingerprint density at radius 2 is 2.03 bits per heavy atom. The van der Waals surface area contributed by atoms with Crippen LogP contribution in [0.25, 0.3) is 10.9 Å². The SMILES string of the molecule is Cc1cc(COc2ccc(C(=O)NC3CCOCC3c3n[nH]c(=O)[nH]3)cc2)c2ccccc2n1. The van der Waals surface area contributed by atoms with Crippen molar-refractivity contribution in [2.24, 2.45) is 0 Å². The van der Waals surface area contributed by atoms with Gasteiger partial charge in [0.1, 0.15) is 18.2 Å². The van der Waals surface area contributed by atoms with Gasteiger partial charge in [0, 0.05) is 34.9 Å². The normalized spacial score (nSPS) is 18.0. The number of amides is 1. The molecule has 0 spiro atoms. The first-order valence-electron chi connectivity index (χ1n) is 11.2. The lowest BCUT2D eigenvalue weighted by atomic mass is 9.94. The minimum Gasteiger partial charge on any atom is -0.489 e. The quantitative estimate of drug-likeness (QED) is 0.408. The molecule has 2 aromatic carbocycles. The van der Waals surface area contributed by atoms with Crippen LogP contribution in [0.1, 0.15) is 39.8 Å². The van der Waals surface area contributed by atoms with Gasteiger partial charge in [-0.2, -0.15) is 5.10 Å². The third-order valence-corrected chi connectivity index (χ3v) is 5.98. The molecule has 0 aliphatic carbocycles. The number of aromatic amines is 2. The second kappa shape index (κ2) is 9.48. The Labute approximate surface area is 195 Å². The molecule has 0 saturated carbocycles. The van der Waals surface area contributed by atoms with Gasteiger partial charge < -0.3 is 14.8 Å². The summed E-state index contributed by atoms with van der Waals surface area (Å²) in [4.78, 5) is 31.5. The van der Waals surface area contributed by atoms with E-state index in [-0.39, 0.29) is 23.6 Å². The van der Waals surface area contributed by atoms with Gasteiger partial charge >= 0.3 is 5.69 Å². The Kier molecular flexibility index (Phi) is 6.09. The number of ether oxygens (including phenoxy) is 2. The number of hydrogen-bond donors (Lipinski definition) is 3. The Morgan fingerprint density at radius 3 is 2.82 bits per heavy atom. The van der Waals surface area contributed by atoms with Crippen molar-refractivity contribution in [2.45, 2.75) is 31.9 Å². The Morgan fingerprint density at radius 1 is 1.21 bits per heavy atom. The fraction of sp³-hybridized carbons (Fsp3) is 0.280. The molecule has 1 amide bonds. The predicted octanol–water partition coefficient (Wildman–Crippen LogP) is 2.84. The highest BCUT2D eigenvalue weighted by Gasteiger charge is 2.31. The molecule has 3 N–H and O–H groups in total. The number of benzene rings is 2. The van der Waals surface area contributed by atoms with Crippen molar-refractivity contribution in [2.75, 3.05) is 13.2 Å². The third-order valence-electron chi connectivity index (χ3n) is 5.98. The molecule has 1 saturated heterocycles. The summed E-state index contributed by atoms with van der Waals surface area (Å²) in [6.45, 7) is 3.28. The summed E-state index contributed by atoms with van der Waals surface area (Å²) in [7, 11) is 0. The fourth-order valence-corrected chi connectivity index (χ4v) is 4.27. The van der Waals surface area contributed by atoms with E-state index in [1.54, 1.807) is 24.3 Å². The maximum atomic E-state index is 12.9. The molecule has 2 atom stereocenters. The summed E-state index contributed by atoms with van der Waals surface area (Å²) >= 11 is 0. The highest BCUT2D eigenvalue weighted by Crippen LogP contribution is 2.24. The van der Waals surface area contributed by atoms with Gasteiger partial charge in [0.2, 0.25) is 0 Å². The summed E-state index contributed by atoms with van der Waals surface area (Å²) in [6, 6.07) is 16.9. The highest BCUT2D eigenvalue weighted by molar-refractivity contribution is 5.94. The van der Waals surface area contributed by atoms with Crippen LogP contribution in [-0.2, 0) is 11.3 Å². The molecule has 0 bridgehead atoms. The molecular formula is C25H25N5O4. The number of aromatic nitrogens is 4. The number of fused-ring (bicyclic) bond motifs is 1. The molecule has 5 rings (SSSR count). The van der Waals surface area contributed by atoms with E-state index in [1.165, 1.54) is 0 Å². The number of carbonyl (C=O) groups is 1. The third kappa shape index (κ3) is 4.69. The number of nitrogens with zero attached hydrogens (tertiary/aromatic N) is 2. The smallest absolute Gasteiger partial charge is 0.340 e. The van der Waals surface area contributed by atoms with Gasteiger partial charge in [-0.3, -0.25) is 14.8 Å². The average molecular weight is 460 g/mol. The molecule has 34 heavy (non-hydrogen) atoms. The van der Waals surface area contributed by atoms with Crippen LogP contribution in [0.15, 0.2) is 59.4 Å². The first-order valence-corrected chi connectivity index (χ1v) is 11.2. The molecule has 9 heteroatoms. The van der Waals surface area contributed by atoms with Crippen LogP contribution in [0.4, 0.5) is 0 Å². The molecule has 1 aliphatic rings. The van der Waals surface area contributed by atoms with Crippen molar-refractivity contribution in [3.63, 3.8) is 0 Å². The van der Waals surface area contributed by atoms with E-state index >= 15 is 0 Å². The van der Waals surface area contributed by atoms with Crippen LogP contribution in [0.5, 0.6) is 5.75 Å². The average Bonchev–Trinajstić information content (AvgIpc) is 3.29. The second-order valence-electron chi connectivity index (χ2n) is 8.37. The summed E-state index contributed by atoms with van der Waals surface area (Å²) in [5.74, 6) is 0.737. The number of para-hydroxylation sites is 1. The molecule has 2 aromatic heterocycles. The van der Waals surface area contributed by atoms with E-state index in [9.17, 15) is 9.59 Å². The van der Waals surface area contributed by atoms with Gasteiger partial charge in [0.05, 0.1) is 18.0 Å². The summed E-state index contributed by atoms with van der Waals surface area (Å²) < 4.78 is 11.5. The van der Waals surface area contributed by atoms with Gasteiger partial charge in [0.25, 0.3) is 5.91 Å². The molecule has 3 heterocycles. The monoisotopic (exact) mass is 459 g/mol. The van der Waals surface area contributed by atoms with Crippen molar-refractivity contribution in [1.82, 2.24) is 25.5 Å². The van der Waals surface area contributed by atoms with Crippen molar-refractivity contribution >= 4 is 16.8 Å². The molecule has 9 nitrogen and oxygen atoms in total. The highest BCUT2D eigenvalue weighted by atomic mass is 16.5. The van der Waals surface area contributed by atoms with Crippen molar-refractivity contribution in [3.8, 4) is 5.75 Å². The van der Waals surface area contributed by atoms with E-state index in [4.69, 9.17) is 9.47 Å². The van der Waals surface area contributed by atoms with E-state index in [0.29, 0.717) is 43.4 Å². The zero-order valence-electron chi connectivity index (χ0n) is 18.7. The zero-order chi connectivity index (χ0) is 23.5. The van der Waals surface area contributed by atoms with Gasteiger partial charge in [0.15, 0.2) is 0 Å². The lowest BCUT2D eigenvalue weighted by Gasteiger charge is -2.30. The molecule has 4 aromatic rings. The van der Waals surface area contributed by atoms with E-state index in [2.05, 4.69) is 25.5 Å². The van der Waals surface area contributed by atoms with Gasteiger partial charge in [-0.15, -0.1) is 0 Å². The standard InChI is InChI=1S/C25H25N5O4/c1-15-12-17(19-4-2-3-5-21(19)26-15)13-34-18-8-6-16(7-9-18)24(31)27-22-10-11-33-14-20(22)23-28-25(32)30-29-23/h2-9,12,20,22H,10-11,13-14H2,1H3,(H,27,31)(H2,28,29,30,32). The van der Waals surface area contributed by atoms with Gasteiger partial charge in [-0.25, -0.2) is 9.89 Å². The predicted molar refractivity (Wildman–Crippen MR) is 126 cm³/mol.